The molecule has 58 heavy (non-hydrogen) atoms. The van der Waals surface area contributed by atoms with E-state index in [-0.39, 0.29) is 17.0 Å². The van der Waals surface area contributed by atoms with Gasteiger partial charge in [-0.25, -0.2) is 4.99 Å². The smallest absolute Gasteiger partial charge is 0.406 e. The SMILES string of the molecule is C1=C/C(=C2/C=C(c3ccc(-c4ccccc4)[nH]3)O[B-](c3ccccc3)(c3ccccc3)O2)[NH+]=C1c1ccccc1.CCCC[N+](CCCC)(CCCC)CCCC.[Br-]. The maximum absolute atomic E-state index is 6.96. The molecule has 1 aromatic heterocycles. The Hall–Kier alpha value is -4.85. The van der Waals surface area contributed by atoms with Crippen LogP contribution in [0.4, 0.5) is 0 Å². The number of rotatable bonds is 17. The van der Waals surface area contributed by atoms with Crippen molar-refractivity contribution in [2.45, 2.75) is 79.1 Å². The first-order chi connectivity index (χ1) is 28.0. The summed E-state index contributed by atoms with van der Waals surface area (Å²) >= 11 is 0. The second-order valence-corrected chi connectivity index (χ2v) is 15.6. The van der Waals surface area contributed by atoms with Crippen molar-refractivity contribution in [3.05, 3.63) is 174 Å². The minimum absolute atomic E-state index is 0. The number of hydrogen-bond donors (Lipinski definition) is 2. The minimum atomic E-state index is -2.10. The van der Waals surface area contributed by atoms with E-state index < -0.39 is 6.55 Å². The van der Waals surface area contributed by atoms with Crippen LogP contribution in [0.5, 0.6) is 0 Å². The van der Waals surface area contributed by atoms with Crippen LogP contribution in [0, 0.1) is 0 Å². The Morgan fingerprint density at radius 3 is 1.45 bits per heavy atom. The summed E-state index contributed by atoms with van der Waals surface area (Å²) in [6, 6.07) is 45.2. The average molecular weight is 841 g/mol. The number of nitrogens with one attached hydrogen (secondary N) is 2. The Balaban J connectivity index is 0.000000304. The van der Waals surface area contributed by atoms with Crippen LogP contribution in [0.1, 0.15) is 90.3 Å². The van der Waals surface area contributed by atoms with E-state index in [1.165, 1.54) is 82.0 Å². The van der Waals surface area contributed by atoms with Crippen molar-refractivity contribution >= 4 is 28.9 Å². The van der Waals surface area contributed by atoms with Crippen molar-refractivity contribution in [1.29, 1.82) is 0 Å². The van der Waals surface area contributed by atoms with E-state index in [2.05, 4.69) is 110 Å². The molecule has 5 nitrogen and oxygen atoms in total. The Morgan fingerprint density at radius 2 is 0.966 bits per heavy atom. The van der Waals surface area contributed by atoms with Crippen molar-refractivity contribution in [3.63, 3.8) is 0 Å². The lowest BCUT2D eigenvalue weighted by Gasteiger charge is -2.47. The molecule has 0 fully saturated rings. The molecule has 0 bridgehead atoms. The molecule has 2 N–H and O–H groups in total. The molecular weight excluding hydrogens is 777 g/mol. The molecule has 0 saturated carbocycles. The number of benzene rings is 4. The molecule has 0 atom stereocenters. The van der Waals surface area contributed by atoms with Gasteiger partial charge in [-0.3, -0.25) is 0 Å². The zero-order chi connectivity index (χ0) is 39.8. The quantitative estimate of drug-likeness (QED) is 0.0812. The van der Waals surface area contributed by atoms with Crippen molar-refractivity contribution in [1.82, 2.24) is 4.98 Å². The van der Waals surface area contributed by atoms with Crippen LogP contribution in [0.2, 0.25) is 0 Å². The van der Waals surface area contributed by atoms with E-state index in [0.717, 1.165) is 44.8 Å². The zero-order valence-electron chi connectivity index (χ0n) is 35.1. The summed E-state index contributed by atoms with van der Waals surface area (Å²) in [7, 11) is 0. The maximum atomic E-state index is 6.96. The Kier molecular flexibility index (Phi) is 17.1. The summed E-state index contributed by atoms with van der Waals surface area (Å²) in [5.74, 6) is 1.43. The third kappa shape index (κ3) is 11.2. The van der Waals surface area contributed by atoms with Gasteiger partial charge in [-0.05, 0) is 55.5 Å². The third-order valence-corrected chi connectivity index (χ3v) is 11.3. The summed E-state index contributed by atoms with van der Waals surface area (Å²) in [5.41, 5.74) is 7.97. The summed E-state index contributed by atoms with van der Waals surface area (Å²) in [6.45, 7) is 12.9. The van der Waals surface area contributed by atoms with Crippen molar-refractivity contribution in [3.8, 4) is 11.3 Å². The van der Waals surface area contributed by atoms with Gasteiger partial charge in [0.1, 0.15) is 5.76 Å². The lowest BCUT2D eigenvalue weighted by Crippen LogP contribution is -3.00. The highest BCUT2D eigenvalue weighted by Gasteiger charge is 2.40. The Bertz CT molecular complexity index is 2020. The number of halogens is 1. The van der Waals surface area contributed by atoms with E-state index in [1.54, 1.807) is 0 Å². The fraction of sp³-hybridized carbons (Fsp3) is 0.314. The highest BCUT2D eigenvalue weighted by molar-refractivity contribution is 6.93. The minimum Gasteiger partial charge on any atom is -1.00 e. The molecule has 0 radical (unpaired) electrons. The second-order valence-electron chi connectivity index (χ2n) is 15.6. The van der Waals surface area contributed by atoms with Gasteiger partial charge in [0.05, 0.1) is 37.6 Å². The zero-order valence-corrected chi connectivity index (χ0v) is 36.7. The maximum Gasteiger partial charge on any atom is 0.406 e. The molecule has 0 aliphatic carbocycles. The predicted molar refractivity (Wildman–Crippen MR) is 241 cm³/mol. The van der Waals surface area contributed by atoms with E-state index in [4.69, 9.17) is 9.31 Å². The number of nitrogens with zero attached hydrogens (tertiary/aromatic N) is 1. The number of unbranched alkanes of at least 4 members (excludes halogenated alkanes) is 4. The fourth-order valence-corrected chi connectivity index (χ4v) is 8.02. The van der Waals surface area contributed by atoms with Crippen LogP contribution in [-0.2, 0) is 9.31 Å². The molecule has 304 valence electrons. The molecule has 0 spiro atoms. The summed E-state index contributed by atoms with van der Waals surface area (Å²) in [6.07, 6.45) is 17.2. The number of allylic oxidation sites excluding steroid dienone is 3. The van der Waals surface area contributed by atoms with Crippen LogP contribution in [0.3, 0.4) is 0 Å². The first kappa shape index (κ1) is 44.3. The predicted octanol–water partition coefficient (Wildman–Crippen LogP) is 6.68. The van der Waals surface area contributed by atoms with Gasteiger partial charge < -0.3 is 35.8 Å². The number of hydrogen-bond acceptors (Lipinski definition) is 2. The first-order valence-electron chi connectivity index (χ1n) is 21.6. The largest absolute Gasteiger partial charge is 1.00 e. The van der Waals surface area contributed by atoms with Gasteiger partial charge in [0.25, 0.3) is 0 Å². The van der Waals surface area contributed by atoms with Gasteiger partial charge in [0.2, 0.25) is 11.4 Å². The third-order valence-electron chi connectivity index (χ3n) is 11.3. The van der Waals surface area contributed by atoms with Crippen LogP contribution in [0.25, 0.3) is 17.0 Å². The molecular formula is C51H63BBrN3O2. The molecule has 0 saturated heterocycles. The highest BCUT2D eigenvalue weighted by atomic mass is 79.9. The average Bonchev–Trinajstić information content (AvgIpc) is 3.99. The molecule has 0 unspecified atom stereocenters. The first-order valence-corrected chi connectivity index (χ1v) is 21.6. The summed E-state index contributed by atoms with van der Waals surface area (Å²) in [5, 5.41) is 0. The highest BCUT2D eigenvalue weighted by Crippen LogP contribution is 2.33. The molecule has 0 amide bonds. The number of quaternary nitrogens is 1. The normalized spacial score (nSPS) is 15.6. The van der Waals surface area contributed by atoms with Crippen LogP contribution < -0.4 is 32.9 Å². The number of H-pyrrole nitrogens is 1. The van der Waals surface area contributed by atoms with Crippen LogP contribution in [-0.4, -0.2) is 47.9 Å². The molecule has 3 heterocycles. The lowest BCUT2D eigenvalue weighted by molar-refractivity contribution is -0.929. The monoisotopic (exact) mass is 839 g/mol. The molecule has 7 rings (SSSR count). The van der Waals surface area contributed by atoms with Gasteiger partial charge in [-0.2, -0.15) is 0 Å². The fourth-order valence-electron chi connectivity index (χ4n) is 8.02. The van der Waals surface area contributed by atoms with Crippen molar-refractivity contribution < 1.29 is 35.8 Å². The van der Waals surface area contributed by atoms with Gasteiger partial charge >= 0.3 is 6.55 Å². The Morgan fingerprint density at radius 1 is 0.517 bits per heavy atom. The molecule has 7 heteroatoms. The van der Waals surface area contributed by atoms with E-state index in [9.17, 15) is 0 Å². The number of aromatic nitrogens is 1. The number of aromatic amines is 1. The lowest BCUT2D eigenvalue weighted by atomic mass is 9.45. The summed E-state index contributed by atoms with van der Waals surface area (Å²) < 4.78 is 15.3. The van der Waals surface area contributed by atoms with Gasteiger partial charge in [0.15, 0.2) is 0 Å². The topological polar surface area (TPSA) is 48.2 Å². The Labute approximate surface area is 359 Å². The summed E-state index contributed by atoms with van der Waals surface area (Å²) in [4.78, 5) is 7.16. The molecule has 4 aromatic carbocycles. The van der Waals surface area contributed by atoms with Crippen molar-refractivity contribution in [2.24, 2.45) is 0 Å². The van der Waals surface area contributed by atoms with E-state index in [1.807, 2.05) is 78.9 Å². The molecule has 2 aliphatic rings. The molecule has 2 aliphatic heterocycles. The van der Waals surface area contributed by atoms with Gasteiger partial charge in [-0.1, -0.05) is 163 Å². The van der Waals surface area contributed by atoms with Gasteiger partial charge in [0, 0.05) is 29.5 Å². The van der Waals surface area contributed by atoms with E-state index in [0.29, 0.717) is 11.5 Å². The van der Waals surface area contributed by atoms with Gasteiger partial charge in [-0.15, -0.1) is 10.9 Å². The van der Waals surface area contributed by atoms with Crippen molar-refractivity contribution in [2.75, 3.05) is 26.2 Å². The van der Waals surface area contributed by atoms with E-state index >= 15 is 0 Å². The van der Waals surface area contributed by atoms with Crippen LogP contribution >= 0.6 is 0 Å². The molecule has 5 aromatic rings. The van der Waals surface area contributed by atoms with Crippen LogP contribution in [0.15, 0.2) is 163 Å². The standard InChI is InChI=1S/C35H26BN2O2.C16H36N.BrH/c1-5-13-26(14-6-1)30-21-23-32(37-30)34-25-35(33-24-22-31(38-33)27-15-7-2-8-16-27)40-36(39-34,28-17-9-3-10-18-28)29-19-11-4-12-20-29;1-5-9-13-17(14-10-6-2,15-11-7-3)16-12-8-4;/h1-25,37H;5-16H2,1-4H3;1H/q-1;+1;/b35-33+;;. The second kappa shape index (κ2) is 22.3.